The molecular weight excluding hydrogens is 174 g/mol. The van der Waals surface area contributed by atoms with Crippen molar-refractivity contribution in [2.75, 3.05) is 0 Å². The van der Waals surface area contributed by atoms with Gasteiger partial charge < -0.3 is 10.1 Å². The number of ether oxygens (including phenoxy) is 1. The van der Waals surface area contributed by atoms with Crippen molar-refractivity contribution in [1.82, 2.24) is 5.32 Å². The summed E-state index contributed by atoms with van der Waals surface area (Å²) in [5, 5.41) is 3.77. The molecule has 0 radical (unpaired) electrons. The lowest BCUT2D eigenvalue weighted by Crippen LogP contribution is -2.49. The van der Waals surface area contributed by atoms with Crippen LogP contribution < -0.4 is 5.32 Å². The van der Waals surface area contributed by atoms with Crippen LogP contribution in [0.15, 0.2) is 0 Å². The minimum absolute atomic E-state index is 0.439. The van der Waals surface area contributed by atoms with Gasteiger partial charge in [-0.15, -0.1) is 0 Å². The molecule has 14 heavy (non-hydrogen) atoms. The maximum absolute atomic E-state index is 5.73. The van der Waals surface area contributed by atoms with Gasteiger partial charge in [0.1, 0.15) is 0 Å². The van der Waals surface area contributed by atoms with Crippen LogP contribution in [0, 0.1) is 5.92 Å². The molecule has 2 fully saturated rings. The molecule has 2 unspecified atom stereocenters. The molecule has 0 spiro atoms. The minimum atomic E-state index is 0.439. The predicted octanol–water partition coefficient (Wildman–Crippen LogP) is 2.33. The summed E-state index contributed by atoms with van der Waals surface area (Å²) in [6, 6.07) is 1.50. The third-order valence-corrected chi connectivity index (χ3v) is 3.54. The Kier molecular flexibility index (Phi) is 3.13. The third kappa shape index (κ3) is 2.48. The second kappa shape index (κ2) is 4.19. The van der Waals surface area contributed by atoms with Gasteiger partial charge in [0.25, 0.3) is 0 Å². The van der Waals surface area contributed by atoms with Gasteiger partial charge in [0, 0.05) is 12.1 Å². The van der Waals surface area contributed by atoms with Gasteiger partial charge >= 0.3 is 0 Å². The van der Waals surface area contributed by atoms with Crippen molar-refractivity contribution >= 4 is 0 Å². The Hall–Kier alpha value is -0.0800. The van der Waals surface area contributed by atoms with E-state index >= 15 is 0 Å². The fourth-order valence-electron chi connectivity index (χ4n) is 2.91. The SMILES string of the molecule is CC1CC(NC2CC(C)OC(C)C2)C1. The summed E-state index contributed by atoms with van der Waals surface area (Å²) in [6.45, 7) is 6.72. The molecule has 2 nitrogen and oxygen atoms in total. The highest BCUT2D eigenvalue weighted by Crippen LogP contribution is 2.28. The molecule has 2 aliphatic rings. The smallest absolute Gasteiger partial charge is 0.0565 e. The van der Waals surface area contributed by atoms with Crippen molar-refractivity contribution in [3.8, 4) is 0 Å². The zero-order valence-electron chi connectivity index (χ0n) is 9.62. The fourth-order valence-corrected chi connectivity index (χ4v) is 2.91. The van der Waals surface area contributed by atoms with Gasteiger partial charge in [0.2, 0.25) is 0 Å². The number of hydrogen-bond acceptors (Lipinski definition) is 2. The molecule has 1 aliphatic carbocycles. The molecule has 0 bridgehead atoms. The molecule has 0 aromatic carbocycles. The molecule has 1 heterocycles. The Labute approximate surface area is 87.4 Å². The quantitative estimate of drug-likeness (QED) is 0.733. The van der Waals surface area contributed by atoms with E-state index in [9.17, 15) is 0 Å². The molecule has 82 valence electrons. The zero-order valence-corrected chi connectivity index (χ0v) is 9.62. The monoisotopic (exact) mass is 197 g/mol. The van der Waals surface area contributed by atoms with Crippen LogP contribution >= 0.6 is 0 Å². The van der Waals surface area contributed by atoms with Crippen LogP contribution in [0.2, 0.25) is 0 Å². The van der Waals surface area contributed by atoms with Gasteiger partial charge in [0.15, 0.2) is 0 Å². The van der Waals surface area contributed by atoms with Crippen molar-refractivity contribution in [3.05, 3.63) is 0 Å². The van der Waals surface area contributed by atoms with Crippen LogP contribution in [0.1, 0.15) is 46.5 Å². The van der Waals surface area contributed by atoms with Crippen LogP contribution in [0.5, 0.6) is 0 Å². The lowest BCUT2D eigenvalue weighted by atomic mass is 9.81. The van der Waals surface area contributed by atoms with E-state index in [2.05, 4.69) is 26.1 Å². The summed E-state index contributed by atoms with van der Waals surface area (Å²) in [6.07, 6.45) is 6.01. The topological polar surface area (TPSA) is 21.3 Å². The number of hydrogen-bond donors (Lipinski definition) is 1. The summed E-state index contributed by atoms with van der Waals surface area (Å²) in [5.74, 6) is 0.946. The lowest BCUT2D eigenvalue weighted by Gasteiger charge is -2.40. The molecule has 2 atom stereocenters. The van der Waals surface area contributed by atoms with Crippen molar-refractivity contribution in [3.63, 3.8) is 0 Å². The maximum Gasteiger partial charge on any atom is 0.0565 e. The first-order valence-corrected chi connectivity index (χ1v) is 6.05. The molecular formula is C12H23NO. The first-order valence-electron chi connectivity index (χ1n) is 6.05. The van der Waals surface area contributed by atoms with Gasteiger partial charge in [-0.3, -0.25) is 0 Å². The van der Waals surface area contributed by atoms with E-state index in [-0.39, 0.29) is 0 Å². The second-order valence-corrected chi connectivity index (χ2v) is 5.37. The average molecular weight is 197 g/mol. The minimum Gasteiger partial charge on any atom is -0.375 e. The van der Waals surface area contributed by atoms with Crippen molar-refractivity contribution in [2.24, 2.45) is 5.92 Å². The molecule has 2 heteroatoms. The summed E-state index contributed by atoms with van der Waals surface area (Å²) < 4.78 is 5.73. The van der Waals surface area contributed by atoms with E-state index in [0.717, 1.165) is 12.0 Å². The van der Waals surface area contributed by atoms with Crippen LogP contribution in [0.25, 0.3) is 0 Å². The Morgan fingerprint density at radius 3 is 1.86 bits per heavy atom. The van der Waals surface area contributed by atoms with E-state index in [1.54, 1.807) is 0 Å². The first kappa shape index (κ1) is 10.4. The summed E-state index contributed by atoms with van der Waals surface area (Å²) in [7, 11) is 0. The van der Waals surface area contributed by atoms with Gasteiger partial charge in [-0.1, -0.05) is 6.92 Å². The summed E-state index contributed by atoms with van der Waals surface area (Å²) in [4.78, 5) is 0. The molecule has 2 rings (SSSR count). The van der Waals surface area contributed by atoms with Gasteiger partial charge in [0.05, 0.1) is 12.2 Å². The second-order valence-electron chi connectivity index (χ2n) is 5.37. The predicted molar refractivity (Wildman–Crippen MR) is 58.4 cm³/mol. The summed E-state index contributed by atoms with van der Waals surface area (Å²) in [5.41, 5.74) is 0. The van der Waals surface area contributed by atoms with Crippen molar-refractivity contribution in [1.29, 1.82) is 0 Å². The number of nitrogens with one attached hydrogen (secondary N) is 1. The van der Waals surface area contributed by atoms with Gasteiger partial charge in [-0.25, -0.2) is 0 Å². The molecule has 0 aromatic rings. The maximum atomic E-state index is 5.73. The average Bonchev–Trinajstić information content (AvgIpc) is 1.99. The normalized spacial score (nSPS) is 48.6. The Morgan fingerprint density at radius 1 is 0.857 bits per heavy atom. The van der Waals surface area contributed by atoms with E-state index in [0.29, 0.717) is 18.2 Å². The third-order valence-electron chi connectivity index (χ3n) is 3.54. The van der Waals surface area contributed by atoms with E-state index in [1.807, 2.05) is 0 Å². The van der Waals surface area contributed by atoms with Crippen LogP contribution in [-0.2, 0) is 4.74 Å². The molecule has 0 amide bonds. The first-order chi connectivity index (χ1) is 6.63. The Balaban J connectivity index is 1.74. The largest absolute Gasteiger partial charge is 0.375 e. The van der Waals surface area contributed by atoms with E-state index in [4.69, 9.17) is 4.74 Å². The Morgan fingerprint density at radius 2 is 1.36 bits per heavy atom. The highest BCUT2D eigenvalue weighted by atomic mass is 16.5. The Bertz CT molecular complexity index is 179. The van der Waals surface area contributed by atoms with Crippen LogP contribution in [-0.4, -0.2) is 24.3 Å². The van der Waals surface area contributed by atoms with E-state index in [1.165, 1.54) is 25.7 Å². The van der Waals surface area contributed by atoms with Crippen LogP contribution in [0.4, 0.5) is 0 Å². The summed E-state index contributed by atoms with van der Waals surface area (Å²) >= 11 is 0. The van der Waals surface area contributed by atoms with Crippen molar-refractivity contribution in [2.45, 2.75) is 70.7 Å². The number of rotatable bonds is 2. The highest BCUT2D eigenvalue weighted by molar-refractivity contribution is 4.88. The standard InChI is InChI=1S/C12H23NO/c1-8-4-11(5-8)13-12-6-9(2)14-10(3)7-12/h8-13H,4-7H2,1-3H3. The zero-order chi connectivity index (χ0) is 10.1. The van der Waals surface area contributed by atoms with Crippen molar-refractivity contribution < 1.29 is 4.74 Å². The molecule has 1 N–H and O–H groups in total. The molecule has 1 aliphatic heterocycles. The lowest BCUT2D eigenvalue weighted by molar-refractivity contribution is -0.0458. The van der Waals surface area contributed by atoms with Gasteiger partial charge in [-0.2, -0.15) is 0 Å². The van der Waals surface area contributed by atoms with E-state index < -0.39 is 0 Å². The van der Waals surface area contributed by atoms with Gasteiger partial charge in [-0.05, 0) is 45.4 Å². The highest BCUT2D eigenvalue weighted by Gasteiger charge is 2.30. The molecule has 1 saturated carbocycles. The van der Waals surface area contributed by atoms with Crippen LogP contribution in [0.3, 0.4) is 0 Å². The fraction of sp³-hybridized carbons (Fsp3) is 1.00. The molecule has 0 aromatic heterocycles. The molecule has 1 saturated heterocycles.